The number of aromatic amines is 1. The minimum Gasteiger partial charge on any atom is -0.478 e. The fraction of sp³-hybridized carbons (Fsp3) is 0.143. The van der Waals surface area contributed by atoms with E-state index < -0.39 is 5.97 Å². The van der Waals surface area contributed by atoms with Crippen LogP contribution in [0.3, 0.4) is 0 Å². The molecule has 1 rings (SSSR count). The highest BCUT2D eigenvalue weighted by Crippen LogP contribution is 1.92. The molecule has 0 fully saturated rings. The van der Waals surface area contributed by atoms with E-state index in [0.29, 0.717) is 5.82 Å². The van der Waals surface area contributed by atoms with Gasteiger partial charge in [-0.05, 0) is 6.07 Å². The lowest BCUT2D eigenvalue weighted by Crippen LogP contribution is -2.18. The molecule has 1 heterocycles. The number of aromatic nitrogens is 1. The quantitative estimate of drug-likeness (QED) is 0.642. The second kappa shape index (κ2) is 3.55. The zero-order valence-electron chi connectivity index (χ0n) is 5.87. The van der Waals surface area contributed by atoms with Crippen molar-refractivity contribution in [1.82, 2.24) is 0 Å². The molecule has 0 atom stereocenters. The van der Waals surface area contributed by atoms with E-state index in [0.717, 1.165) is 0 Å². The van der Waals surface area contributed by atoms with Crippen LogP contribution in [-0.2, 0) is 4.79 Å². The lowest BCUT2D eigenvalue weighted by molar-refractivity contribution is -0.361. The number of aliphatic carboxylic acids is 1. The summed E-state index contributed by atoms with van der Waals surface area (Å²) in [5.74, 6) is -0.169. The summed E-state index contributed by atoms with van der Waals surface area (Å²) in [4.78, 5) is 12.9. The van der Waals surface area contributed by atoms with Crippen LogP contribution in [0, 0.1) is 0 Å². The van der Waals surface area contributed by atoms with Gasteiger partial charge in [0.1, 0.15) is 0 Å². The first kappa shape index (κ1) is 7.53. The molecule has 3 N–H and O–H groups in total. The molecule has 0 bridgehead atoms. The van der Waals surface area contributed by atoms with E-state index in [4.69, 9.17) is 5.11 Å². The number of hydrogen-bond acceptors (Lipinski definition) is 2. The molecule has 1 aromatic heterocycles. The molecule has 0 saturated carbocycles. The van der Waals surface area contributed by atoms with Crippen molar-refractivity contribution in [3.63, 3.8) is 0 Å². The lowest BCUT2D eigenvalue weighted by atomic mass is 10.4. The maximum absolute atomic E-state index is 10.1. The highest BCUT2D eigenvalue weighted by molar-refractivity contribution is 5.71. The molecule has 0 unspecified atom stereocenters. The molecule has 0 saturated heterocycles. The Hall–Kier alpha value is -1.58. The number of H-pyrrole nitrogens is 1. The normalized spacial score (nSPS) is 9.09. The summed E-state index contributed by atoms with van der Waals surface area (Å²) in [6, 6.07) is 5.41. The third-order valence-corrected chi connectivity index (χ3v) is 1.14. The van der Waals surface area contributed by atoms with Gasteiger partial charge in [0.25, 0.3) is 5.82 Å². The summed E-state index contributed by atoms with van der Waals surface area (Å²) in [7, 11) is 0. The molecule has 0 spiro atoms. The number of anilines is 1. The zero-order chi connectivity index (χ0) is 8.10. The SMILES string of the molecule is O=C(O)CNc1cccc[nH+]1. The minimum absolute atomic E-state index is 0.0689. The molecule has 0 aliphatic heterocycles. The van der Waals surface area contributed by atoms with Crippen molar-refractivity contribution in [1.29, 1.82) is 0 Å². The van der Waals surface area contributed by atoms with Crippen molar-refractivity contribution >= 4 is 11.8 Å². The highest BCUT2D eigenvalue weighted by atomic mass is 16.4. The van der Waals surface area contributed by atoms with Gasteiger partial charge in [0.05, 0.1) is 6.20 Å². The predicted octanol–water partition coefficient (Wildman–Crippen LogP) is -0.00280. The van der Waals surface area contributed by atoms with Gasteiger partial charge in [-0.3, -0.25) is 5.32 Å². The van der Waals surface area contributed by atoms with E-state index in [2.05, 4.69) is 10.3 Å². The van der Waals surface area contributed by atoms with Crippen LogP contribution < -0.4 is 10.3 Å². The van der Waals surface area contributed by atoms with Crippen molar-refractivity contribution in [3.05, 3.63) is 24.4 Å². The van der Waals surface area contributed by atoms with E-state index in [1.165, 1.54) is 0 Å². The van der Waals surface area contributed by atoms with Crippen molar-refractivity contribution in [2.45, 2.75) is 0 Å². The molecule has 11 heavy (non-hydrogen) atoms. The molecule has 0 aliphatic rings. The lowest BCUT2D eigenvalue weighted by Gasteiger charge is -1.92. The molecular weight excluding hydrogens is 144 g/mol. The number of pyridine rings is 1. The summed E-state index contributed by atoms with van der Waals surface area (Å²) in [5, 5.41) is 11.0. The summed E-state index contributed by atoms with van der Waals surface area (Å²) in [6.07, 6.45) is 1.73. The molecule has 0 aliphatic carbocycles. The van der Waals surface area contributed by atoms with Crippen molar-refractivity contribution in [2.24, 2.45) is 0 Å². The van der Waals surface area contributed by atoms with E-state index in [-0.39, 0.29) is 6.54 Å². The Bertz CT molecular complexity index is 235. The van der Waals surface area contributed by atoms with Gasteiger partial charge in [0, 0.05) is 6.07 Å². The molecule has 1 aromatic rings. The Balaban J connectivity index is 2.45. The number of carboxylic acids is 1. The fourth-order valence-corrected chi connectivity index (χ4v) is 0.674. The Morgan fingerprint density at radius 3 is 3.00 bits per heavy atom. The van der Waals surface area contributed by atoms with Gasteiger partial charge < -0.3 is 5.11 Å². The Morgan fingerprint density at radius 2 is 2.45 bits per heavy atom. The van der Waals surface area contributed by atoms with Gasteiger partial charge >= 0.3 is 5.97 Å². The molecule has 4 heteroatoms. The summed E-state index contributed by atoms with van der Waals surface area (Å²) in [5.41, 5.74) is 0. The second-order valence-corrected chi connectivity index (χ2v) is 2.02. The monoisotopic (exact) mass is 153 g/mol. The van der Waals surface area contributed by atoms with Gasteiger partial charge in [-0.2, -0.15) is 0 Å². The maximum atomic E-state index is 10.1. The average Bonchev–Trinajstić information content (AvgIpc) is 2.03. The molecular formula is C7H9N2O2+. The van der Waals surface area contributed by atoms with Crippen molar-refractivity contribution in [2.75, 3.05) is 11.9 Å². The van der Waals surface area contributed by atoms with Gasteiger partial charge in [-0.1, -0.05) is 6.07 Å². The smallest absolute Gasteiger partial charge is 0.345 e. The number of hydrogen-bond donors (Lipinski definition) is 2. The van der Waals surface area contributed by atoms with E-state index >= 15 is 0 Å². The van der Waals surface area contributed by atoms with Crippen LogP contribution in [0.25, 0.3) is 0 Å². The topological polar surface area (TPSA) is 63.5 Å². The van der Waals surface area contributed by atoms with Crippen LogP contribution in [0.4, 0.5) is 5.82 Å². The number of carbonyl (C=O) groups is 1. The first-order valence-corrected chi connectivity index (χ1v) is 3.21. The molecule has 58 valence electrons. The average molecular weight is 153 g/mol. The molecule has 4 nitrogen and oxygen atoms in total. The zero-order valence-corrected chi connectivity index (χ0v) is 5.87. The van der Waals surface area contributed by atoms with Crippen molar-refractivity contribution in [3.8, 4) is 0 Å². The van der Waals surface area contributed by atoms with Gasteiger partial charge in [-0.15, -0.1) is 0 Å². The van der Waals surface area contributed by atoms with Crippen LogP contribution in [-0.4, -0.2) is 17.6 Å². The minimum atomic E-state index is -0.873. The summed E-state index contributed by atoms with van der Waals surface area (Å²) in [6.45, 7) is -0.0689. The standard InChI is InChI=1S/C7H8N2O2/c10-7(11)5-9-6-3-1-2-4-8-6/h1-4H,5H2,(H,8,9)(H,10,11)/p+1. The first-order valence-electron chi connectivity index (χ1n) is 3.21. The van der Waals surface area contributed by atoms with E-state index in [1.54, 1.807) is 12.3 Å². The van der Waals surface area contributed by atoms with Crippen LogP contribution >= 0.6 is 0 Å². The fourth-order valence-electron chi connectivity index (χ4n) is 0.674. The molecule has 0 amide bonds. The number of rotatable bonds is 3. The third-order valence-electron chi connectivity index (χ3n) is 1.14. The van der Waals surface area contributed by atoms with Crippen molar-refractivity contribution < 1.29 is 14.9 Å². The Kier molecular flexibility index (Phi) is 2.43. The van der Waals surface area contributed by atoms with Gasteiger partial charge in [-0.25, -0.2) is 9.78 Å². The van der Waals surface area contributed by atoms with E-state index in [1.807, 2.05) is 12.1 Å². The highest BCUT2D eigenvalue weighted by Gasteiger charge is 2.01. The Labute approximate surface area is 63.9 Å². The third kappa shape index (κ3) is 2.66. The molecule has 0 aromatic carbocycles. The predicted molar refractivity (Wildman–Crippen MR) is 39.1 cm³/mol. The van der Waals surface area contributed by atoms with Crippen LogP contribution in [0.5, 0.6) is 0 Å². The maximum Gasteiger partial charge on any atom is 0.345 e. The first-order chi connectivity index (χ1) is 5.29. The number of nitrogens with one attached hydrogen (secondary N) is 2. The van der Waals surface area contributed by atoms with E-state index in [9.17, 15) is 4.79 Å². The van der Waals surface area contributed by atoms with Gasteiger partial charge in [0.15, 0.2) is 6.54 Å². The summed E-state index contributed by atoms with van der Waals surface area (Å²) >= 11 is 0. The summed E-state index contributed by atoms with van der Waals surface area (Å²) < 4.78 is 0. The molecule has 0 radical (unpaired) electrons. The Morgan fingerprint density at radius 1 is 1.64 bits per heavy atom. The number of carboxylic acid groups (broad SMARTS) is 1. The van der Waals surface area contributed by atoms with Crippen LogP contribution in [0.15, 0.2) is 24.4 Å². The van der Waals surface area contributed by atoms with Crippen LogP contribution in [0.1, 0.15) is 0 Å². The van der Waals surface area contributed by atoms with Gasteiger partial charge in [0.2, 0.25) is 0 Å². The van der Waals surface area contributed by atoms with Crippen LogP contribution in [0.2, 0.25) is 0 Å². The largest absolute Gasteiger partial charge is 0.478 e. The second-order valence-electron chi connectivity index (χ2n) is 2.02.